The zero-order valence-electron chi connectivity index (χ0n) is 10.7. The van der Waals surface area contributed by atoms with Gasteiger partial charge in [-0.25, -0.2) is 8.42 Å². The van der Waals surface area contributed by atoms with Crippen molar-refractivity contribution in [1.82, 2.24) is 10.1 Å². The molecular formula is C11H10F3N3O3S. The zero-order valence-corrected chi connectivity index (χ0v) is 11.5. The van der Waals surface area contributed by atoms with Gasteiger partial charge in [0.05, 0.1) is 11.1 Å². The summed E-state index contributed by atoms with van der Waals surface area (Å²) in [5.74, 6) is -0.663. The fourth-order valence-corrected chi connectivity index (χ4v) is 2.18. The third-order valence-corrected chi connectivity index (χ3v) is 3.25. The first kappa shape index (κ1) is 15.3. The van der Waals surface area contributed by atoms with Crippen LogP contribution >= 0.6 is 0 Å². The molecule has 0 saturated heterocycles. The summed E-state index contributed by atoms with van der Waals surface area (Å²) >= 11 is 0. The van der Waals surface area contributed by atoms with Gasteiger partial charge < -0.3 is 10.3 Å². The van der Waals surface area contributed by atoms with Gasteiger partial charge in [-0.2, -0.15) is 18.2 Å². The molecular weight excluding hydrogens is 311 g/mol. The number of aromatic nitrogens is 2. The maximum absolute atomic E-state index is 12.5. The van der Waals surface area contributed by atoms with Crippen LogP contribution in [0.4, 0.5) is 18.9 Å². The Morgan fingerprint density at radius 1 is 1.33 bits per heavy atom. The molecule has 0 fully saturated rings. The number of nitrogens with two attached hydrogens (primary N) is 1. The minimum Gasteiger partial charge on any atom is -0.398 e. The number of benzene rings is 1. The normalized spacial score (nSPS) is 12.6. The first-order valence-corrected chi connectivity index (χ1v) is 7.60. The molecule has 0 atom stereocenters. The highest BCUT2D eigenvalue weighted by atomic mass is 32.2. The highest BCUT2D eigenvalue weighted by molar-refractivity contribution is 7.89. The van der Waals surface area contributed by atoms with Crippen LogP contribution in [-0.2, 0) is 21.8 Å². The molecule has 10 heteroatoms. The molecule has 2 rings (SSSR count). The van der Waals surface area contributed by atoms with Crippen LogP contribution < -0.4 is 5.73 Å². The van der Waals surface area contributed by atoms with Crippen molar-refractivity contribution < 1.29 is 26.1 Å². The van der Waals surface area contributed by atoms with Gasteiger partial charge in [0.15, 0.2) is 15.7 Å². The largest absolute Gasteiger partial charge is 0.416 e. The quantitative estimate of drug-likeness (QED) is 0.867. The van der Waals surface area contributed by atoms with Crippen molar-refractivity contribution in [2.45, 2.75) is 11.9 Å². The lowest BCUT2D eigenvalue weighted by Crippen LogP contribution is -2.06. The molecule has 0 aliphatic heterocycles. The van der Waals surface area contributed by atoms with Crippen molar-refractivity contribution in [3.8, 4) is 11.5 Å². The number of nitrogens with zero attached hydrogens (tertiary/aromatic N) is 2. The van der Waals surface area contributed by atoms with Crippen molar-refractivity contribution >= 4 is 15.5 Å². The average Bonchev–Trinajstić information content (AvgIpc) is 2.73. The molecule has 0 amide bonds. The number of hydrogen-bond acceptors (Lipinski definition) is 6. The van der Waals surface area contributed by atoms with Gasteiger partial charge in [0.25, 0.3) is 5.89 Å². The van der Waals surface area contributed by atoms with Gasteiger partial charge in [0.2, 0.25) is 0 Å². The Hall–Kier alpha value is -2.10. The van der Waals surface area contributed by atoms with Gasteiger partial charge in [0, 0.05) is 11.9 Å². The maximum atomic E-state index is 12.5. The monoisotopic (exact) mass is 321 g/mol. The van der Waals surface area contributed by atoms with E-state index in [1.54, 1.807) is 0 Å². The molecule has 6 nitrogen and oxygen atoms in total. The van der Waals surface area contributed by atoms with E-state index >= 15 is 0 Å². The summed E-state index contributed by atoms with van der Waals surface area (Å²) in [6, 6.07) is 2.66. The highest BCUT2D eigenvalue weighted by Crippen LogP contribution is 2.34. The van der Waals surface area contributed by atoms with E-state index in [4.69, 9.17) is 10.3 Å². The lowest BCUT2D eigenvalue weighted by molar-refractivity contribution is -0.137. The van der Waals surface area contributed by atoms with E-state index in [0.29, 0.717) is 0 Å². The molecule has 1 aromatic heterocycles. The molecule has 0 radical (unpaired) electrons. The van der Waals surface area contributed by atoms with Gasteiger partial charge >= 0.3 is 6.18 Å². The molecule has 0 aliphatic rings. The van der Waals surface area contributed by atoms with Gasteiger partial charge in [0.1, 0.15) is 5.75 Å². The third-order valence-electron chi connectivity index (χ3n) is 2.47. The van der Waals surface area contributed by atoms with Crippen molar-refractivity contribution in [1.29, 1.82) is 0 Å². The van der Waals surface area contributed by atoms with Crippen LogP contribution in [0.15, 0.2) is 22.7 Å². The summed E-state index contributed by atoms with van der Waals surface area (Å²) in [5.41, 5.74) is 4.55. The van der Waals surface area contributed by atoms with E-state index in [1.807, 2.05) is 0 Å². The summed E-state index contributed by atoms with van der Waals surface area (Å²) in [6.45, 7) is 0. The second kappa shape index (κ2) is 5.02. The molecule has 1 aromatic carbocycles. The minimum atomic E-state index is -4.51. The Morgan fingerprint density at radius 2 is 2.00 bits per heavy atom. The van der Waals surface area contributed by atoms with E-state index in [2.05, 4.69) is 10.1 Å². The highest BCUT2D eigenvalue weighted by Gasteiger charge is 2.31. The lowest BCUT2D eigenvalue weighted by atomic mass is 10.1. The maximum Gasteiger partial charge on any atom is 0.416 e. The molecule has 114 valence electrons. The van der Waals surface area contributed by atoms with E-state index in [0.717, 1.165) is 24.5 Å². The number of alkyl halides is 3. The Morgan fingerprint density at radius 3 is 2.52 bits per heavy atom. The lowest BCUT2D eigenvalue weighted by Gasteiger charge is -2.08. The van der Waals surface area contributed by atoms with Crippen LogP contribution in [0.5, 0.6) is 0 Å². The number of halogens is 3. The summed E-state index contributed by atoms with van der Waals surface area (Å²) < 4.78 is 64.6. The summed E-state index contributed by atoms with van der Waals surface area (Å²) in [7, 11) is -3.35. The third kappa shape index (κ3) is 3.72. The van der Waals surface area contributed by atoms with Crippen molar-refractivity contribution in [2.24, 2.45) is 0 Å². The molecule has 21 heavy (non-hydrogen) atoms. The second-order valence-electron chi connectivity index (χ2n) is 4.39. The Bertz CT molecular complexity index is 769. The minimum absolute atomic E-state index is 0.0909. The van der Waals surface area contributed by atoms with E-state index in [1.165, 1.54) is 0 Å². The summed E-state index contributed by atoms with van der Waals surface area (Å²) in [5, 5.41) is 3.45. The van der Waals surface area contributed by atoms with Crippen molar-refractivity contribution in [2.75, 3.05) is 12.0 Å². The van der Waals surface area contributed by atoms with Crippen LogP contribution in [0.2, 0.25) is 0 Å². The molecule has 0 spiro atoms. The van der Waals surface area contributed by atoms with E-state index < -0.39 is 27.3 Å². The van der Waals surface area contributed by atoms with Gasteiger partial charge in [-0.1, -0.05) is 5.16 Å². The van der Waals surface area contributed by atoms with Gasteiger partial charge in [-0.3, -0.25) is 0 Å². The van der Waals surface area contributed by atoms with Crippen LogP contribution in [0.25, 0.3) is 11.5 Å². The van der Waals surface area contributed by atoms with Crippen LogP contribution in [0.3, 0.4) is 0 Å². The predicted octanol–water partition coefficient (Wildman–Crippen LogP) is 1.88. The van der Waals surface area contributed by atoms with Crippen LogP contribution in [-0.4, -0.2) is 24.8 Å². The molecule has 0 unspecified atom stereocenters. The van der Waals surface area contributed by atoms with Crippen molar-refractivity contribution in [3.05, 3.63) is 29.6 Å². The van der Waals surface area contributed by atoms with E-state index in [-0.39, 0.29) is 23.0 Å². The number of anilines is 1. The first-order chi connectivity index (χ1) is 9.56. The fourth-order valence-electron chi connectivity index (χ4n) is 1.59. The second-order valence-corrected chi connectivity index (χ2v) is 6.53. The molecule has 0 bridgehead atoms. The van der Waals surface area contributed by atoms with Gasteiger partial charge in [-0.15, -0.1) is 0 Å². The van der Waals surface area contributed by atoms with Crippen LogP contribution in [0, 0.1) is 0 Å². The Kier molecular flexibility index (Phi) is 3.66. The standard InChI is InChI=1S/C11H10F3N3O3S/c1-21(18,19)5-9-16-10(20-17-9)7-3-2-6(4-8(7)15)11(12,13)14/h2-4H,5,15H2,1H3. The van der Waals surface area contributed by atoms with Crippen LogP contribution in [0.1, 0.15) is 11.4 Å². The SMILES string of the molecule is CS(=O)(=O)Cc1noc(-c2ccc(C(F)(F)F)cc2N)n1. The summed E-state index contributed by atoms with van der Waals surface area (Å²) in [6.07, 6.45) is -3.52. The Labute approximate surface area is 117 Å². The molecule has 2 N–H and O–H groups in total. The fraction of sp³-hybridized carbons (Fsp3) is 0.273. The number of hydrogen-bond donors (Lipinski definition) is 1. The van der Waals surface area contributed by atoms with E-state index in [9.17, 15) is 21.6 Å². The molecule has 1 heterocycles. The average molecular weight is 321 g/mol. The topological polar surface area (TPSA) is 99.1 Å². The molecule has 0 saturated carbocycles. The number of sulfone groups is 1. The number of rotatable bonds is 3. The predicted molar refractivity (Wildman–Crippen MR) is 67.7 cm³/mol. The molecule has 0 aliphatic carbocycles. The first-order valence-electron chi connectivity index (χ1n) is 5.53. The smallest absolute Gasteiger partial charge is 0.398 e. The Balaban J connectivity index is 2.35. The summed E-state index contributed by atoms with van der Waals surface area (Å²) in [4.78, 5) is 3.80. The number of nitrogen functional groups attached to an aromatic ring is 1. The van der Waals surface area contributed by atoms with Crippen molar-refractivity contribution in [3.63, 3.8) is 0 Å². The van der Waals surface area contributed by atoms with Gasteiger partial charge in [-0.05, 0) is 18.2 Å². The molecule has 2 aromatic rings. The zero-order chi connectivity index (χ0) is 15.8.